The van der Waals surface area contributed by atoms with E-state index in [-0.39, 0.29) is 0 Å². The Morgan fingerprint density at radius 2 is 1.94 bits per heavy atom. The molecule has 0 saturated heterocycles. The van der Waals surface area contributed by atoms with Crippen molar-refractivity contribution in [3.63, 3.8) is 0 Å². The number of unbranched alkanes of at least 4 members (excludes halogenated alkanes) is 1. The van der Waals surface area contributed by atoms with Crippen molar-refractivity contribution in [1.29, 1.82) is 0 Å². The minimum absolute atomic E-state index is 0.433. The molecule has 6 heteroatoms. The zero-order valence-corrected chi connectivity index (χ0v) is 11.2. The van der Waals surface area contributed by atoms with E-state index < -0.39 is 25.0 Å². The first-order chi connectivity index (χ1) is 8.54. The number of aliphatic hydroxyl groups excluding tert-OH is 2. The highest BCUT2D eigenvalue weighted by atomic mass is 16.5. The van der Waals surface area contributed by atoms with Crippen molar-refractivity contribution >= 4 is 6.03 Å². The molecule has 0 rings (SSSR count). The lowest BCUT2D eigenvalue weighted by molar-refractivity contribution is -0.0747. The molecule has 2 atom stereocenters. The SMILES string of the molecule is CCCCC(CC)CNC(=O)NC(CO)C(O)O. The molecule has 0 aromatic carbocycles. The quantitative estimate of drug-likeness (QED) is 0.382. The molecular weight excluding hydrogens is 236 g/mol. The third kappa shape index (κ3) is 7.47. The van der Waals surface area contributed by atoms with Crippen molar-refractivity contribution in [3.8, 4) is 0 Å². The fourth-order valence-corrected chi connectivity index (χ4v) is 1.61. The Balaban J connectivity index is 3.92. The van der Waals surface area contributed by atoms with Gasteiger partial charge >= 0.3 is 6.03 Å². The van der Waals surface area contributed by atoms with E-state index in [1.165, 1.54) is 0 Å². The summed E-state index contributed by atoms with van der Waals surface area (Å²) in [6, 6.07) is -1.54. The predicted octanol–water partition coefficient (Wildman–Crippen LogP) is 0.174. The molecule has 0 bridgehead atoms. The number of carbonyl (C=O) groups is 1. The van der Waals surface area contributed by atoms with Crippen molar-refractivity contribution < 1.29 is 20.1 Å². The number of hydrogen-bond donors (Lipinski definition) is 5. The molecule has 0 radical (unpaired) electrons. The van der Waals surface area contributed by atoms with E-state index in [1.807, 2.05) is 0 Å². The molecule has 18 heavy (non-hydrogen) atoms. The molecule has 2 unspecified atom stereocenters. The van der Waals surface area contributed by atoms with Gasteiger partial charge < -0.3 is 26.0 Å². The van der Waals surface area contributed by atoms with Gasteiger partial charge in [0.15, 0.2) is 6.29 Å². The van der Waals surface area contributed by atoms with Gasteiger partial charge in [0.25, 0.3) is 0 Å². The van der Waals surface area contributed by atoms with Gasteiger partial charge in [0.05, 0.1) is 6.61 Å². The average Bonchev–Trinajstić information content (AvgIpc) is 2.35. The Bertz CT molecular complexity index is 224. The van der Waals surface area contributed by atoms with Gasteiger partial charge in [0, 0.05) is 6.54 Å². The van der Waals surface area contributed by atoms with Gasteiger partial charge in [-0.05, 0) is 12.3 Å². The van der Waals surface area contributed by atoms with E-state index in [0.29, 0.717) is 12.5 Å². The maximum absolute atomic E-state index is 11.5. The van der Waals surface area contributed by atoms with Crippen molar-refractivity contribution in [2.24, 2.45) is 5.92 Å². The summed E-state index contributed by atoms with van der Waals surface area (Å²) in [5.74, 6) is 0.433. The smallest absolute Gasteiger partial charge is 0.315 e. The van der Waals surface area contributed by atoms with Crippen LogP contribution in [-0.2, 0) is 0 Å². The van der Waals surface area contributed by atoms with Crippen LogP contribution in [0.25, 0.3) is 0 Å². The second-order valence-corrected chi connectivity index (χ2v) is 4.47. The standard InChI is InChI=1S/C12H26N2O4/c1-3-5-6-9(4-2)7-13-12(18)14-10(8-15)11(16)17/h9-11,15-17H,3-8H2,1-2H3,(H2,13,14,18). The molecule has 0 aliphatic carbocycles. The molecule has 0 aliphatic rings. The van der Waals surface area contributed by atoms with Gasteiger partial charge in [-0.25, -0.2) is 4.79 Å². The van der Waals surface area contributed by atoms with Crippen LogP contribution in [0.2, 0.25) is 0 Å². The van der Waals surface area contributed by atoms with E-state index in [2.05, 4.69) is 24.5 Å². The molecule has 0 aliphatic heterocycles. The normalized spacial score (nSPS) is 14.3. The molecule has 0 fully saturated rings. The summed E-state index contributed by atoms with van der Waals surface area (Å²) in [7, 11) is 0. The number of aliphatic hydroxyl groups is 3. The highest BCUT2D eigenvalue weighted by Crippen LogP contribution is 2.10. The van der Waals surface area contributed by atoms with E-state index in [0.717, 1.165) is 25.7 Å². The van der Waals surface area contributed by atoms with Crippen molar-refractivity contribution in [1.82, 2.24) is 10.6 Å². The number of amides is 2. The third-order valence-electron chi connectivity index (χ3n) is 2.97. The first-order valence-electron chi connectivity index (χ1n) is 6.56. The summed E-state index contributed by atoms with van der Waals surface area (Å²) in [6.07, 6.45) is 2.57. The molecule has 108 valence electrons. The van der Waals surface area contributed by atoms with Crippen LogP contribution in [0.3, 0.4) is 0 Å². The Morgan fingerprint density at radius 1 is 1.28 bits per heavy atom. The average molecular weight is 262 g/mol. The molecule has 0 aromatic heterocycles. The largest absolute Gasteiger partial charge is 0.394 e. The second-order valence-electron chi connectivity index (χ2n) is 4.47. The molecular formula is C12H26N2O4. The van der Waals surface area contributed by atoms with Gasteiger partial charge in [-0.3, -0.25) is 0 Å². The lowest BCUT2D eigenvalue weighted by Gasteiger charge is -2.20. The summed E-state index contributed by atoms with van der Waals surface area (Å²) in [5.41, 5.74) is 0. The zero-order valence-electron chi connectivity index (χ0n) is 11.2. The van der Waals surface area contributed by atoms with Gasteiger partial charge in [-0.1, -0.05) is 33.1 Å². The number of hydrogen-bond acceptors (Lipinski definition) is 4. The van der Waals surface area contributed by atoms with Gasteiger partial charge in [-0.2, -0.15) is 0 Å². The predicted molar refractivity (Wildman–Crippen MR) is 68.9 cm³/mol. The van der Waals surface area contributed by atoms with Gasteiger partial charge in [0.2, 0.25) is 0 Å². The molecule has 6 nitrogen and oxygen atoms in total. The maximum Gasteiger partial charge on any atom is 0.315 e. The molecule has 0 heterocycles. The molecule has 5 N–H and O–H groups in total. The Labute approximate surface area is 108 Å². The fourth-order valence-electron chi connectivity index (χ4n) is 1.61. The van der Waals surface area contributed by atoms with E-state index >= 15 is 0 Å². The lowest BCUT2D eigenvalue weighted by atomic mass is 9.99. The van der Waals surface area contributed by atoms with Crippen LogP contribution >= 0.6 is 0 Å². The van der Waals surface area contributed by atoms with Crippen LogP contribution < -0.4 is 10.6 Å². The van der Waals surface area contributed by atoms with Crippen LogP contribution in [0.4, 0.5) is 4.79 Å². The first-order valence-corrected chi connectivity index (χ1v) is 6.56. The maximum atomic E-state index is 11.5. The molecule has 2 amide bonds. The first kappa shape index (κ1) is 17.2. The Morgan fingerprint density at radius 3 is 2.39 bits per heavy atom. The van der Waals surface area contributed by atoms with Crippen LogP contribution in [0.1, 0.15) is 39.5 Å². The topological polar surface area (TPSA) is 102 Å². The number of nitrogens with one attached hydrogen (secondary N) is 2. The zero-order chi connectivity index (χ0) is 14.0. The van der Waals surface area contributed by atoms with E-state index in [9.17, 15) is 4.79 Å². The Hall–Kier alpha value is -0.850. The second kappa shape index (κ2) is 10.1. The van der Waals surface area contributed by atoms with Crippen molar-refractivity contribution in [3.05, 3.63) is 0 Å². The fraction of sp³-hybridized carbons (Fsp3) is 0.917. The van der Waals surface area contributed by atoms with Gasteiger partial charge in [-0.15, -0.1) is 0 Å². The highest BCUT2D eigenvalue weighted by molar-refractivity contribution is 5.74. The number of urea groups is 1. The van der Waals surface area contributed by atoms with Crippen LogP contribution in [-0.4, -0.2) is 46.8 Å². The number of rotatable bonds is 9. The summed E-state index contributed by atoms with van der Waals surface area (Å²) >= 11 is 0. The van der Waals surface area contributed by atoms with E-state index in [4.69, 9.17) is 15.3 Å². The van der Waals surface area contributed by atoms with Crippen LogP contribution in [0.15, 0.2) is 0 Å². The lowest BCUT2D eigenvalue weighted by Crippen LogP contribution is -2.50. The van der Waals surface area contributed by atoms with Crippen molar-refractivity contribution in [2.45, 2.75) is 51.9 Å². The molecule has 0 saturated carbocycles. The summed E-state index contributed by atoms with van der Waals surface area (Å²) in [4.78, 5) is 11.5. The minimum atomic E-state index is -1.76. The highest BCUT2D eigenvalue weighted by Gasteiger charge is 2.18. The van der Waals surface area contributed by atoms with Gasteiger partial charge in [0.1, 0.15) is 6.04 Å². The molecule has 0 aromatic rings. The third-order valence-corrected chi connectivity index (χ3v) is 2.97. The number of carbonyl (C=O) groups excluding carboxylic acids is 1. The van der Waals surface area contributed by atoms with Crippen LogP contribution in [0.5, 0.6) is 0 Å². The van der Waals surface area contributed by atoms with Crippen LogP contribution in [0, 0.1) is 5.92 Å². The minimum Gasteiger partial charge on any atom is -0.394 e. The summed E-state index contributed by atoms with van der Waals surface area (Å²) in [6.45, 7) is 4.25. The van der Waals surface area contributed by atoms with E-state index in [1.54, 1.807) is 0 Å². The van der Waals surface area contributed by atoms with Crippen molar-refractivity contribution in [2.75, 3.05) is 13.2 Å². The summed E-state index contributed by atoms with van der Waals surface area (Å²) in [5, 5.41) is 31.5. The molecule has 0 spiro atoms. The monoisotopic (exact) mass is 262 g/mol. The summed E-state index contributed by atoms with van der Waals surface area (Å²) < 4.78 is 0. The Kier molecular flexibility index (Phi) is 9.63.